The van der Waals surface area contributed by atoms with Crippen LogP contribution in [0.2, 0.25) is 0 Å². The van der Waals surface area contributed by atoms with Gasteiger partial charge in [0, 0.05) is 29.8 Å². The zero-order valence-corrected chi connectivity index (χ0v) is 20.2. The van der Waals surface area contributed by atoms with E-state index in [1.807, 2.05) is 6.07 Å². The van der Waals surface area contributed by atoms with Gasteiger partial charge in [-0.2, -0.15) is 0 Å². The van der Waals surface area contributed by atoms with Crippen molar-refractivity contribution in [3.05, 3.63) is 93.9 Å². The second-order valence-corrected chi connectivity index (χ2v) is 10.1. The maximum atomic E-state index is 13.4. The summed E-state index contributed by atoms with van der Waals surface area (Å²) in [7, 11) is 1.53. The molecule has 35 heavy (non-hydrogen) atoms. The van der Waals surface area contributed by atoms with Gasteiger partial charge in [0.2, 0.25) is 11.8 Å². The number of methoxy groups -OCH3 is 1. The van der Waals surface area contributed by atoms with E-state index in [1.54, 1.807) is 40.7 Å². The Morgan fingerprint density at radius 2 is 1.94 bits per heavy atom. The van der Waals surface area contributed by atoms with Gasteiger partial charge in [0.1, 0.15) is 6.04 Å². The molecule has 2 aromatic carbocycles. The lowest BCUT2D eigenvalue weighted by Crippen LogP contribution is -2.33. The van der Waals surface area contributed by atoms with E-state index in [2.05, 4.69) is 46.7 Å². The minimum absolute atomic E-state index is 0.114. The minimum Gasteiger partial charge on any atom is -0.481 e. The first-order valence-electron chi connectivity index (χ1n) is 11.8. The average molecular weight is 484 g/mol. The van der Waals surface area contributed by atoms with Gasteiger partial charge in [0.25, 0.3) is 5.56 Å². The number of carbonyl (C=O) groups excluding carboxylic acids is 1. The fourth-order valence-corrected chi connectivity index (χ4v) is 6.39. The molecule has 0 bridgehead atoms. The number of carbonyl (C=O) groups is 1. The van der Waals surface area contributed by atoms with Gasteiger partial charge < -0.3 is 10.1 Å². The van der Waals surface area contributed by atoms with E-state index < -0.39 is 6.04 Å². The molecule has 1 N–H and O–H groups in total. The summed E-state index contributed by atoms with van der Waals surface area (Å²) in [6, 6.07) is 19.3. The van der Waals surface area contributed by atoms with Crippen LogP contribution in [0, 0.1) is 0 Å². The molecular formula is C28H25N3O3S. The van der Waals surface area contributed by atoms with Crippen molar-refractivity contribution in [2.45, 2.75) is 36.2 Å². The molecule has 1 aliphatic heterocycles. The van der Waals surface area contributed by atoms with Crippen molar-refractivity contribution in [2.75, 3.05) is 18.2 Å². The summed E-state index contributed by atoms with van der Waals surface area (Å²) in [5, 5.41) is 6.32. The Balaban J connectivity index is 1.36. The molecule has 3 heterocycles. The van der Waals surface area contributed by atoms with Gasteiger partial charge in [-0.05, 0) is 58.7 Å². The standard InChI is InChI=1S/C28H25N3O3S/c1-34-24-15-21(11-12-29-24)30-27(33)23-16-35-28-26(18-9-10-18)20(14-25(32)31(23)28)13-19-7-4-6-17-5-2-3-8-22(17)19/h2-8,11-12,14-15,18,23H,9-10,13,16H2,1H3,(H,29,30,33)/t23-/m0/s1. The topological polar surface area (TPSA) is 73.2 Å². The summed E-state index contributed by atoms with van der Waals surface area (Å²) in [5.41, 5.74) is 4.05. The van der Waals surface area contributed by atoms with E-state index in [0.717, 1.165) is 23.4 Å². The number of nitrogens with zero attached hydrogens (tertiary/aromatic N) is 2. The number of anilines is 1. The molecule has 1 amide bonds. The highest BCUT2D eigenvalue weighted by atomic mass is 32.2. The second-order valence-electron chi connectivity index (χ2n) is 9.09. The summed E-state index contributed by atoms with van der Waals surface area (Å²) in [5.74, 6) is 1.23. The van der Waals surface area contributed by atoms with Crippen LogP contribution in [0.4, 0.5) is 5.69 Å². The van der Waals surface area contributed by atoms with Crippen LogP contribution in [0.5, 0.6) is 5.88 Å². The normalized spacial score (nSPS) is 16.8. The SMILES string of the molecule is COc1cc(NC(=O)[C@@H]2CSc3c(C4CC4)c(Cc4cccc5ccccc45)cc(=O)n32)ccn1. The predicted octanol–water partition coefficient (Wildman–Crippen LogP) is 5.16. The number of aromatic nitrogens is 2. The van der Waals surface area contributed by atoms with Crippen molar-refractivity contribution in [3.63, 3.8) is 0 Å². The van der Waals surface area contributed by atoms with Gasteiger partial charge in [-0.1, -0.05) is 42.5 Å². The zero-order chi connectivity index (χ0) is 23.9. The quantitative estimate of drug-likeness (QED) is 0.410. The van der Waals surface area contributed by atoms with Crippen LogP contribution in [0.1, 0.15) is 41.5 Å². The lowest BCUT2D eigenvalue weighted by molar-refractivity contribution is -0.118. The molecule has 1 saturated carbocycles. The van der Waals surface area contributed by atoms with Crippen molar-refractivity contribution in [3.8, 4) is 5.88 Å². The molecule has 6 rings (SSSR count). The van der Waals surface area contributed by atoms with Crippen molar-refractivity contribution in [1.82, 2.24) is 9.55 Å². The molecule has 176 valence electrons. The fraction of sp³-hybridized carbons (Fsp3) is 0.250. The highest BCUT2D eigenvalue weighted by Gasteiger charge is 2.37. The largest absolute Gasteiger partial charge is 0.481 e. The van der Waals surface area contributed by atoms with E-state index in [9.17, 15) is 9.59 Å². The first kappa shape index (κ1) is 21.9. The second kappa shape index (κ2) is 8.89. The fourth-order valence-electron chi connectivity index (χ4n) is 4.96. The Morgan fingerprint density at radius 3 is 2.77 bits per heavy atom. The number of pyridine rings is 2. The number of benzene rings is 2. The molecule has 4 aromatic rings. The summed E-state index contributed by atoms with van der Waals surface area (Å²) in [6.45, 7) is 0. The highest BCUT2D eigenvalue weighted by molar-refractivity contribution is 7.99. The van der Waals surface area contributed by atoms with E-state index in [1.165, 1.54) is 29.0 Å². The number of hydrogen-bond donors (Lipinski definition) is 1. The molecule has 0 spiro atoms. The molecule has 1 atom stereocenters. The molecule has 2 aromatic heterocycles. The summed E-state index contributed by atoms with van der Waals surface area (Å²) in [6.07, 6.45) is 4.55. The Hall–Kier alpha value is -3.58. The molecule has 6 nitrogen and oxygen atoms in total. The number of nitrogens with one attached hydrogen (secondary N) is 1. The molecule has 0 unspecified atom stereocenters. The predicted molar refractivity (Wildman–Crippen MR) is 139 cm³/mol. The Morgan fingerprint density at radius 1 is 1.11 bits per heavy atom. The van der Waals surface area contributed by atoms with Crippen LogP contribution in [0.15, 0.2) is 76.7 Å². The van der Waals surface area contributed by atoms with Crippen molar-refractivity contribution in [1.29, 1.82) is 0 Å². The van der Waals surface area contributed by atoms with E-state index in [-0.39, 0.29) is 11.5 Å². The summed E-state index contributed by atoms with van der Waals surface area (Å²) >= 11 is 1.63. The van der Waals surface area contributed by atoms with Crippen molar-refractivity contribution >= 4 is 34.1 Å². The van der Waals surface area contributed by atoms with Crippen LogP contribution in [0.25, 0.3) is 10.8 Å². The first-order valence-corrected chi connectivity index (χ1v) is 12.8. The lowest BCUT2D eigenvalue weighted by atomic mass is 9.95. The lowest BCUT2D eigenvalue weighted by Gasteiger charge is -2.18. The van der Waals surface area contributed by atoms with Gasteiger partial charge in [-0.3, -0.25) is 14.2 Å². The molecule has 0 saturated heterocycles. The van der Waals surface area contributed by atoms with E-state index in [0.29, 0.717) is 29.7 Å². The van der Waals surface area contributed by atoms with Crippen LogP contribution in [0.3, 0.4) is 0 Å². The molecule has 2 aliphatic rings. The zero-order valence-electron chi connectivity index (χ0n) is 19.4. The summed E-state index contributed by atoms with van der Waals surface area (Å²) < 4.78 is 6.86. The number of thioether (sulfide) groups is 1. The van der Waals surface area contributed by atoms with E-state index >= 15 is 0 Å². The molecule has 1 fully saturated rings. The highest BCUT2D eigenvalue weighted by Crippen LogP contribution is 2.48. The Bertz CT molecular complexity index is 1500. The van der Waals surface area contributed by atoms with Crippen molar-refractivity contribution < 1.29 is 9.53 Å². The summed E-state index contributed by atoms with van der Waals surface area (Å²) in [4.78, 5) is 30.7. The molecule has 0 radical (unpaired) electrons. The number of ether oxygens (including phenoxy) is 1. The molecular weight excluding hydrogens is 458 g/mol. The van der Waals surface area contributed by atoms with Crippen LogP contribution >= 0.6 is 11.8 Å². The van der Waals surface area contributed by atoms with Crippen LogP contribution < -0.4 is 15.6 Å². The Kier molecular flexibility index (Phi) is 5.57. The maximum absolute atomic E-state index is 13.4. The van der Waals surface area contributed by atoms with Gasteiger partial charge in [-0.15, -0.1) is 11.8 Å². The van der Waals surface area contributed by atoms with Gasteiger partial charge >= 0.3 is 0 Å². The van der Waals surface area contributed by atoms with Gasteiger partial charge in [0.15, 0.2) is 0 Å². The van der Waals surface area contributed by atoms with Crippen LogP contribution in [-0.2, 0) is 11.2 Å². The molecule has 7 heteroatoms. The number of hydrogen-bond acceptors (Lipinski definition) is 5. The Labute approximate surface area is 207 Å². The average Bonchev–Trinajstić information content (AvgIpc) is 3.61. The number of rotatable bonds is 6. The number of fused-ring (bicyclic) bond motifs is 2. The third-order valence-corrected chi connectivity index (χ3v) is 7.95. The van der Waals surface area contributed by atoms with Gasteiger partial charge in [-0.25, -0.2) is 4.98 Å². The van der Waals surface area contributed by atoms with Gasteiger partial charge in [0.05, 0.1) is 12.1 Å². The number of amides is 1. The van der Waals surface area contributed by atoms with Crippen LogP contribution in [-0.4, -0.2) is 28.3 Å². The molecule has 1 aliphatic carbocycles. The third kappa shape index (κ3) is 4.10. The first-order chi connectivity index (χ1) is 17.1. The van der Waals surface area contributed by atoms with Crippen molar-refractivity contribution in [2.24, 2.45) is 0 Å². The smallest absolute Gasteiger partial charge is 0.252 e. The maximum Gasteiger partial charge on any atom is 0.252 e. The minimum atomic E-state index is -0.550. The monoisotopic (exact) mass is 483 g/mol. The van der Waals surface area contributed by atoms with E-state index in [4.69, 9.17) is 4.74 Å². The third-order valence-electron chi connectivity index (χ3n) is 6.78.